The van der Waals surface area contributed by atoms with E-state index >= 15 is 0 Å². The minimum Gasteiger partial charge on any atom is -0.493 e. The van der Waals surface area contributed by atoms with E-state index in [4.69, 9.17) is 14.2 Å². The summed E-state index contributed by atoms with van der Waals surface area (Å²) in [7, 11) is 1.49. The van der Waals surface area contributed by atoms with Gasteiger partial charge in [0.15, 0.2) is 18.1 Å². The number of carbonyl (C=O) groups is 3. The average Bonchev–Trinajstić information content (AvgIpc) is 2.99. The lowest BCUT2D eigenvalue weighted by Gasteiger charge is -2.39. The van der Waals surface area contributed by atoms with Crippen LogP contribution < -0.4 is 24.8 Å². The number of piperidine rings is 1. The molecule has 40 heavy (non-hydrogen) atoms. The van der Waals surface area contributed by atoms with Gasteiger partial charge in [0, 0.05) is 42.1 Å². The zero-order valence-electron chi connectivity index (χ0n) is 22.3. The Morgan fingerprint density at radius 1 is 1.07 bits per heavy atom. The summed E-state index contributed by atoms with van der Waals surface area (Å²) in [5, 5.41) is 5.91. The van der Waals surface area contributed by atoms with E-state index in [9.17, 15) is 14.4 Å². The molecule has 3 aromatic rings. The predicted octanol–water partition coefficient (Wildman–Crippen LogP) is 3.52. The Hall–Kier alpha value is -4.18. The van der Waals surface area contributed by atoms with Crippen LogP contribution in [0.25, 0.3) is 0 Å². The summed E-state index contributed by atoms with van der Waals surface area (Å²) in [5.41, 5.74) is 1.85. The lowest BCUT2D eigenvalue weighted by molar-refractivity contribution is -0.123. The van der Waals surface area contributed by atoms with E-state index in [0.29, 0.717) is 42.1 Å². The SMILES string of the molecule is COc1ccc2cc1OCC(=O)NCc1ccc(cc1)O[C@@H]1CCN(C(=O)c3cccc(SC)c3)C[C@@H]1NC2=O. The molecule has 2 atom stereocenters. The van der Waals surface area contributed by atoms with Crippen molar-refractivity contribution >= 4 is 29.5 Å². The highest BCUT2D eigenvalue weighted by molar-refractivity contribution is 7.98. The normalized spacial score (nSPS) is 19.3. The van der Waals surface area contributed by atoms with Crippen molar-refractivity contribution in [3.8, 4) is 17.2 Å². The van der Waals surface area contributed by atoms with Crippen LogP contribution in [0.2, 0.25) is 0 Å². The largest absolute Gasteiger partial charge is 0.493 e. The maximum absolute atomic E-state index is 13.4. The fourth-order valence-corrected chi connectivity index (χ4v) is 5.23. The van der Waals surface area contributed by atoms with Crippen molar-refractivity contribution in [1.82, 2.24) is 15.5 Å². The number of ether oxygens (including phenoxy) is 3. The van der Waals surface area contributed by atoms with E-state index in [1.165, 1.54) is 7.11 Å². The Morgan fingerprint density at radius 3 is 2.67 bits per heavy atom. The second kappa shape index (κ2) is 12.3. The highest BCUT2D eigenvalue weighted by Gasteiger charge is 2.35. The molecule has 3 aromatic carbocycles. The molecule has 0 spiro atoms. The van der Waals surface area contributed by atoms with Crippen molar-refractivity contribution in [3.05, 3.63) is 83.4 Å². The van der Waals surface area contributed by atoms with Gasteiger partial charge in [-0.3, -0.25) is 14.4 Å². The van der Waals surface area contributed by atoms with Crippen LogP contribution >= 0.6 is 11.8 Å². The van der Waals surface area contributed by atoms with Gasteiger partial charge in [-0.2, -0.15) is 0 Å². The first-order chi connectivity index (χ1) is 19.4. The molecule has 1 fully saturated rings. The fraction of sp³-hybridized carbons (Fsp3) is 0.300. The first-order valence-corrected chi connectivity index (χ1v) is 14.2. The van der Waals surface area contributed by atoms with Gasteiger partial charge in [0.25, 0.3) is 17.7 Å². The summed E-state index contributed by atoms with van der Waals surface area (Å²) in [4.78, 5) is 42.0. The lowest BCUT2D eigenvalue weighted by Crippen LogP contribution is -2.58. The number of likely N-dealkylation sites (tertiary alicyclic amines) is 1. The molecule has 10 heteroatoms. The zero-order valence-corrected chi connectivity index (χ0v) is 23.2. The first kappa shape index (κ1) is 27.4. The number of nitrogens with one attached hydrogen (secondary N) is 2. The number of methoxy groups -OCH3 is 1. The third-order valence-corrected chi connectivity index (χ3v) is 7.68. The zero-order chi connectivity index (χ0) is 28.1. The van der Waals surface area contributed by atoms with Crippen LogP contribution in [-0.2, 0) is 11.3 Å². The second-order valence-electron chi connectivity index (χ2n) is 9.58. The van der Waals surface area contributed by atoms with Crippen LogP contribution in [-0.4, -0.2) is 67.8 Å². The number of rotatable bonds is 3. The van der Waals surface area contributed by atoms with E-state index in [-0.39, 0.29) is 42.7 Å². The van der Waals surface area contributed by atoms with Crippen molar-refractivity contribution in [2.24, 2.45) is 0 Å². The first-order valence-electron chi connectivity index (χ1n) is 13.0. The van der Waals surface area contributed by atoms with Crippen molar-refractivity contribution in [3.63, 3.8) is 0 Å². The molecule has 6 rings (SSSR count). The van der Waals surface area contributed by atoms with Crippen LogP contribution in [0.5, 0.6) is 17.2 Å². The number of amides is 3. The molecule has 0 unspecified atom stereocenters. The molecule has 0 aliphatic carbocycles. The quantitative estimate of drug-likeness (QED) is 0.472. The number of carbonyl (C=O) groups excluding carboxylic acids is 3. The average molecular weight is 562 g/mol. The summed E-state index contributed by atoms with van der Waals surface area (Å²) in [6.45, 7) is 0.876. The molecular weight excluding hydrogens is 530 g/mol. The molecule has 9 nitrogen and oxygen atoms in total. The maximum atomic E-state index is 13.4. The Balaban J connectivity index is 1.44. The van der Waals surface area contributed by atoms with E-state index < -0.39 is 6.04 Å². The van der Waals surface area contributed by atoms with Gasteiger partial charge in [-0.05, 0) is 60.4 Å². The molecule has 3 amide bonds. The van der Waals surface area contributed by atoms with Crippen molar-refractivity contribution < 1.29 is 28.6 Å². The summed E-state index contributed by atoms with van der Waals surface area (Å²) in [6.07, 6.45) is 2.15. The highest BCUT2D eigenvalue weighted by Crippen LogP contribution is 2.29. The molecule has 0 aromatic heterocycles. The van der Waals surface area contributed by atoms with Gasteiger partial charge in [0.05, 0.1) is 13.2 Å². The van der Waals surface area contributed by atoms with Crippen LogP contribution in [0.3, 0.4) is 0 Å². The Kier molecular flexibility index (Phi) is 8.45. The van der Waals surface area contributed by atoms with Gasteiger partial charge in [0.2, 0.25) is 0 Å². The molecular formula is C30H31N3O6S. The van der Waals surface area contributed by atoms with Crippen LogP contribution in [0.4, 0.5) is 0 Å². The van der Waals surface area contributed by atoms with Gasteiger partial charge in [-0.25, -0.2) is 0 Å². The summed E-state index contributed by atoms with van der Waals surface area (Å²) >= 11 is 1.58. The molecule has 3 heterocycles. The lowest BCUT2D eigenvalue weighted by atomic mass is 10.00. The predicted molar refractivity (Wildman–Crippen MR) is 151 cm³/mol. The number of hydrogen-bond donors (Lipinski definition) is 2. The third-order valence-electron chi connectivity index (χ3n) is 6.95. The van der Waals surface area contributed by atoms with Gasteiger partial charge < -0.3 is 29.7 Å². The van der Waals surface area contributed by atoms with Gasteiger partial charge in [-0.15, -0.1) is 11.8 Å². The third kappa shape index (κ3) is 6.34. The van der Waals surface area contributed by atoms with Gasteiger partial charge in [-0.1, -0.05) is 18.2 Å². The molecule has 1 saturated heterocycles. The van der Waals surface area contributed by atoms with E-state index in [2.05, 4.69) is 10.6 Å². The second-order valence-corrected chi connectivity index (χ2v) is 10.5. The van der Waals surface area contributed by atoms with Crippen molar-refractivity contribution in [1.29, 1.82) is 0 Å². The molecule has 208 valence electrons. The maximum Gasteiger partial charge on any atom is 0.258 e. The topological polar surface area (TPSA) is 106 Å². The van der Waals surface area contributed by atoms with Gasteiger partial charge >= 0.3 is 0 Å². The van der Waals surface area contributed by atoms with Crippen molar-refractivity contribution in [2.45, 2.75) is 30.0 Å². The Morgan fingerprint density at radius 2 is 1.90 bits per heavy atom. The van der Waals surface area contributed by atoms with Gasteiger partial charge in [0.1, 0.15) is 11.9 Å². The van der Waals surface area contributed by atoms with Crippen molar-refractivity contribution in [2.75, 3.05) is 33.1 Å². The van der Waals surface area contributed by atoms with E-state index in [1.807, 2.05) is 54.8 Å². The summed E-state index contributed by atoms with van der Waals surface area (Å²) in [6, 6.07) is 19.3. The number of nitrogens with zero attached hydrogens (tertiary/aromatic N) is 1. The van der Waals surface area contributed by atoms with E-state index in [1.54, 1.807) is 34.9 Å². The molecule has 0 radical (unpaired) electrons. The monoisotopic (exact) mass is 561 g/mol. The minimum absolute atomic E-state index is 0.0892. The highest BCUT2D eigenvalue weighted by atomic mass is 32.2. The van der Waals surface area contributed by atoms with Crippen LogP contribution in [0.15, 0.2) is 71.6 Å². The number of thioether (sulfide) groups is 1. The fourth-order valence-electron chi connectivity index (χ4n) is 4.77. The minimum atomic E-state index is -0.473. The molecule has 3 aliphatic rings. The van der Waals surface area contributed by atoms with E-state index in [0.717, 1.165) is 10.5 Å². The smallest absolute Gasteiger partial charge is 0.258 e. The number of benzene rings is 3. The standard InChI is InChI=1S/C30H31N3O6S/c1-37-26-11-8-20-15-27(26)38-18-28(34)31-16-19-6-9-22(10-7-19)39-25-12-13-33(17-24(25)32-29(20)35)30(36)21-4-3-5-23(14-21)40-2/h3-11,14-15,24-25H,12-13,16-18H2,1-2H3,(H,31,34)(H,32,35)/t24-,25+/m0/s1. The summed E-state index contributed by atoms with van der Waals surface area (Å²) in [5.74, 6) is 0.579. The van der Waals surface area contributed by atoms with Crippen LogP contribution in [0.1, 0.15) is 32.7 Å². The molecule has 2 N–H and O–H groups in total. The van der Waals surface area contributed by atoms with Crippen LogP contribution in [0, 0.1) is 0 Å². The Labute approximate surface area is 237 Å². The Bertz CT molecular complexity index is 1400. The molecule has 0 saturated carbocycles. The molecule has 4 bridgehead atoms. The summed E-state index contributed by atoms with van der Waals surface area (Å²) < 4.78 is 17.4. The number of hydrogen-bond acceptors (Lipinski definition) is 7. The molecule has 3 aliphatic heterocycles. The number of fused-ring (bicyclic) bond motifs is 7.